The Morgan fingerprint density at radius 2 is 1.36 bits per heavy atom. The van der Waals surface area contributed by atoms with Gasteiger partial charge in [-0.15, -0.1) is 0 Å². The lowest BCUT2D eigenvalue weighted by Crippen LogP contribution is -2.44. The van der Waals surface area contributed by atoms with Crippen molar-refractivity contribution in [3.63, 3.8) is 0 Å². The van der Waals surface area contributed by atoms with Gasteiger partial charge in [-0.05, 0) is 70.1 Å². The molecule has 0 unspecified atom stereocenters. The molecule has 3 heterocycles. The summed E-state index contributed by atoms with van der Waals surface area (Å²) in [5.41, 5.74) is 0.533. The van der Waals surface area contributed by atoms with Crippen molar-refractivity contribution in [2.75, 3.05) is 52.5 Å². The predicted octanol–water partition coefficient (Wildman–Crippen LogP) is 3.73. The van der Waals surface area contributed by atoms with E-state index in [1.807, 2.05) is 21.6 Å². The molecule has 1 aromatic carbocycles. The summed E-state index contributed by atoms with van der Waals surface area (Å²) in [4.78, 5) is 44.4. The lowest BCUT2D eigenvalue weighted by Gasteiger charge is -2.34. The maximum absolute atomic E-state index is 13.2. The Kier molecular flexibility index (Phi) is 9.47. The fourth-order valence-electron chi connectivity index (χ4n) is 5.46. The average Bonchev–Trinajstić information content (AvgIpc) is 3.22. The van der Waals surface area contributed by atoms with E-state index in [9.17, 15) is 14.4 Å². The maximum Gasteiger partial charge on any atom is 0.260 e. The summed E-state index contributed by atoms with van der Waals surface area (Å²) < 4.78 is 11.6. The van der Waals surface area contributed by atoms with Gasteiger partial charge < -0.3 is 24.2 Å². The van der Waals surface area contributed by atoms with Gasteiger partial charge in [-0.3, -0.25) is 14.4 Å². The first-order valence-electron chi connectivity index (χ1n) is 13.8. The number of carbonyl (C=O) groups is 3. The third kappa shape index (κ3) is 6.71. The van der Waals surface area contributed by atoms with E-state index in [0.29, 0.717) is 49.6 Å². The highest BCUT2D eigenvalue weighted by atomic mass is 16.5. The summed E-state index contributed by atoms with van der Waals surface area (Å²) in [7, 11) is 0. The standard InChI is InChI=1S/C28H41N3O5/c1-2-35-25-20-23(10-11-24(25)36-21-26(32)29-14-8-5-9-15-29)28(34)31-18-12-22(13-19-31)27(33)30-16-6-3-4-7-17-30/h10-11,20,22H,2-9,12-19,21H2,1H3. The molecule has 1 aromatic rings. The van der Waals surface area contributed by atoms with Crippen LogP contribution >= 0.6 is 0 Å². The van der Waals surface area contributed by atoms with E-state index < -0.39 is 0 Å². The van der Waals surface area contributed by atoms with Gasteiger partial charge in [0, 0.05) is 50.7 Å². The molecule has 0 aliphatic carbocycles. The first kappa shape index (κ1) is 26.3. The van der Waals surface area contributed by atoms with Gasteiger partial charge in [0.25, 0.3) is 11.8 Å². The number of rotatable bonds is 7. The number of likely N-dealkylation sites (tertiary alicyclic amines) is 3. The molecular weight excluding hydrogens is 458 g/mol. The van der Waals surface area contributed by atoms with Crippen LogP contribution in [0.5, 0.6) is 11.5 Å². The molecule has 3 amide bonds. The molecule has 3 aliphatic heterocycles. The van der Waals surface area contributed by atoms with Crippen LogP contribution in [-0.2, 0) is 9.59 Å². The Bertz CT molecular complexity index is 898. The number of carbonyl (C=O) groups excluding carboxylic acids is 3. The lowest BCUT2D eigenvalue weighted by atomic mass is 9.94. The van der Waals surface area contributed by atoms with Crippen LogP contribution in [0.2, 0.25) is 0 Å². The molecule has 0 N–H and O–H groups in total. The number of hydrogen-bond donors (Lipinski definition) is 0. The van der Waals surface area contributed by atoms with E-state index in [0.717, 1.165) is 51.9 Å². The summed E-state index contributed by atoms with van der Waals surface area (Å²) in [6.07, 6.45) is 9.26. The lowest BCUT2D eigenvalue weighted by molar-refractivity contribution is -0.137. The number of piperidine rings is 2. The summed E-state index contributed by atoms with van der Waals surface area (Å²) in [5.74, 6) is 1.14. The highest BCUT2D eigenvalue weighted by molar-refractivity contribution is 5.95. The van der Waals surface area contributed by atoms with E-state index in [4.69, 9.17) is 9.47 Å². The van der Waals surface area contributed by atoms with E-state index >= 15 is 0 Å². The molecule has 36 heavy (non-hydrogen) atoms. The van der Waals surface area contributed by atoms with Crippen molar-refractivity contribution in [1.82, 2.24) is 14.7 Å². The van der Waals surface area contributed by atoms with Crippen LogP contribution in [0.15, 0.2) is 18.2 Å². The minimum Gasteiger partial charge on any atom is -0.490 e. The van der Waals surface area contributed by atoms with Crippen LogP contribution in [0.1, 0.15) is 75.1 Å². The molecule has 0 atom stereocenters. The van der Waals surface area contributed by atoms with Crippen LogP contribution in [0, 0.1) is 5.92 Å². The minimum absolute atomic E-state index is 0.0133. The average molecular weight is 500 g/mol. The number of nitrogens with zero attached hydrogens (tertiary/aromatic N) is 3. The highest BCUT2D eigenvalue weighted by Crippen LogP contribution is 2.30. The molecule has 8 nitrogen and oxygen atoms in total. The van der Waals surface area contributed by atoms with Crippen molar-refractivity contribution in [2.45, 2.75) is 64.7 Å². The summed E-state index contributed by atoms with van der Waals surface area (Å²) >= 11 is 0. The van der Waals surface area contributed by atoms with Gasteiger partial charge in [0.05, 0.1) is 6.61 Å². The minimum atomic E-state index is -0.0624. The van der Waals surface area contributed by atoms with Crippen LogP contribution in [0.25, 0.3) is 0 Å². The van der Waals surface area contributed by atoms with E-state index in [-0.39, 0.29) is 30.2 Å². The molecule has 3 fully saturated rings. The number of ether oxygens (including phenoxy) is 2. The molecule has 0 spiro atoms. The highest BCUT2D eigenvalue weighted by Gasteiger charge is 2.31. The Labute approximate surface area is 214 Å². The van der Waals surface area contributed by atoms with Crippen molar-refractivity contribution < 1.29 is 23.9 Å². The number of benzene rings is 1. The van der Waals surface area contributed by atoms with Crippen molar-refractivity contribution >= 4 is 17.7 Å². The van der Waals surface area contributed by atoms with E-state index in [1.165, 1.54) is 19.3 Å². The first-order valence-corrected chi connectivity index (χ1v) is 13.8. The molecule has 3 saturated heterocycles. The first-order chi connectivity index (χ1) is 17.6. The van der Waals surface area contributed by atoms with E-state index in [1.54, 1.807) is 18.2 Å². The molecular formula is C28H41N3O5. The van der Waals surface area contributed by atoms with Gasteiger partial charge in [-0.1, -0.05) is 12.8 Å². The Balaban J connectivity index is 1.32. The monoisotopic (exact) mass is 499 g/mol. The fraction of sp³-hybridized carbons (Fsp3) is 0.679. The zero-order valence-electron chi connectivity index (χ0n) is 21.7. The van der Waals surface area contributed by atoms with E-state index in [2.05, 4.69) is 0 Å². The smallest absolute Gasteiger partial charge is 0.260 e. The third-order valence-electron chi connectivity index (χ3n) is 7.60. The summed E-state index contributed by atoms with van der Waals surface area (Å²) in [5, 5.41) is 0. The SMILES string of the molecule is CCOc1cc(C(=O)N2CCC(C(=O)N3CCCCCC3)CC2)ccc1OCC(=O)N1CCCCC1. The number of amides is 3. The normalized spacial score (nSPS) is 19.5. The van der Waals surface area contributed by atoms with Gasteiger partial charge in [0.1, 0.15) is 0 Å². The van der Waals surface area contributed by atoms with Crippen LogP contribution in [0.3, 0.4) is 0 Å². The zero-order valence-corrected chi connectivity index (χ0v) is 21.7. The van der Waals surface area contributed by atoms with Crippen molar-refractivity contribution in [3.8, 4) is 11.5 Å². The molecule has 3 aliphatic rings. The fourth-order valence-corrected chi connectivity index (χ4v) is 5.46. The summed E-state index contributed by atoms with van der Waals surface area (Å²) in [6, 6.07) is 5.17. The van der Waals surface area contributed by atoms with Crippen molar-refractivity contribution in [1.29, 1.82) is 0 Å². The molecule has 0 aromatic heterocycles. The van der Waals surface area contributed by atoms with Crippen LogP contribution in [0.4, 0.5) is 0 Å². The van der Waals surface area contributed by atoms with Crippen LogP contribution in [-0.4, -0.2) is 84.9 Å². The molecule has 0 radical (unpaired) electrons. The topological polar surface area (TPSA) is 79.4 Å². The zero-order chi connectivity index (χ0) is 25.3. The van der Waals surface area contributed by atoms with Gasteiger partial charge in [0.15, 0.2) is 18.1 Å². The second-order valence-electron chi connectivity index (χ2n) is 10.1. The Morgan fingerprint density at radius 1 is 0.750 bits per heavy atom. The Hall–Kier alpha value is -2.77. The molecule has 0 saturated carbocycles. The molecule has 0 bridgehead atoms. The third-order valence-corrected chi connectivity index (χ3v) is 7.60. The summed E-state index contributed by atoms with van der Waals surface area (Å²) in [6.45, 7) is 6.74. The second-order valence-corrected chi connectivity index (χ2v) is 10.1. The number of hydrogen-bond acceptors (Lipinski definition) is 5. The van der Waals surface area contributed by atoms with Gasteiger partial charge in [-0.2, -0.15) is 0 Å². The predicted molar refractivity (Wildman–Crippen MR) is 137 cm³/mol. The molecule has 198 valence electrons. The van der Waals surface area contributed by atoms with Crippen molar-refractivity contribution in [3.05, 3.63) is 23.8 Å². The Morgan fingerprint density at radius 3 is 2.00 bits per heavy atom. The quantitative estimate of drug-likeness (QED) is 0.571. The van der Waals surface area contributed by atoms with Gasteiger partial charge in [0.2, 0.25) is 5.91 Å². The van der Waals surface area contributed by atoms with Gasteiger partial charge in [-0.25, -0.2) is 0 Å². The maximum atomic E-state index is 13.2. The molecule has 4 rings (SSSR count). The second kappa shape index (κ2) is 13.0. The van der Waals surface area contributed by atoms with Gasteiger partial charge >= 0.3 is 0 Å². The van der Waals surface area contributed by atoms with Crippen molar-refractivity contribution in [2.24, 2.45) is 5.92 Å². The largest absolute Gasteiger partial charge is 0.490 e. The van der Waals surface area contributed by atoms with Crippen LogP contribution < -0.4 is 9.47 Å². The molecule has 8 heteroatoms.